The zero-order valence-corrected chi connectivity index (χ0v) is 17.6. The maximum Gasteiger partial charge on any atom is 0.0532 e. The van der Waals surface area contributed by atoms with Gasteiger partial charge in [-0.25, -0.2) is 0 Å². The Morgan fingerprint density at radius 3 is 2.43 bits per heavy atom. The maximum atomic E-state index is 2.60. The van der Waals surface area contributed by atoms with Gasteiger partial charge in [0.2, 0.25) is 0 Å². The Morgan fingerprint density at radius 2 is 1.71 bits per heavy atom. The summed E-state index contributed by atoms with van der Waals surface area (Å²) in [6.07, 6.45) is 10.7. The number of fused-ring (bicyclic) bond motifs is 3. The smallest absolute Gasteiger partial charge is 0.0532 e. The highest BCUT2D eigenvalue weighted by Gasteiger charge is 2.32. The van der Waals surface area contributed by atoms with Crippen LogP contribution in [0.3, 0.4) is 0 Å². The molecule has 0 spiro atoms. The molecule has 4 rings (SSSR count). The Labute approximate surface area is 169 Å². The number of nitrogens with zero attached hydrogens (tertiary/aromatic N) is 1. The molecule has 2 heterocycles. The van der Waals surface area contributed by atoms with Crippen molar-refractivity contribution in [3.05, 3.63) is 88.6 Å². The molecule has 1 heteroatoms. The van der Waals surface area contributed by atoms with Gasteiger partial charge in [0.15, 0.2) is 0 Å². The minimum atomic E-state index is 0.408. The zero-order chi connectivity index (χ0) is 19.7. The average Bonchev–Trinajstić information content (AvgIpc) is 3.22. The van der Waals surface area contributed by atoms with E-state index in [1.165, 1.54) is 33.3 Å². The van der Waals surface area contributed by atoms with Crippen molar-refractivity contribution in [2.75, 3.05) is 0 Å². The van der Waals surface area contributed by atoms with Crippen LogP contribution in [-0.2, 0) is 0 Å². The fraction of sp³-hybridized carbons (Fsp3) is 0.333. The number of rotatable bonds is 5. The second-order valence-corrected chi connectivity index (χ2v) is 8.11. The lowest BCUT2D eigenvalue weighted by molar-refractivity contribution is 0.645. The number of hydrogen-bond donors (Lipinski definition) is 0. The fourth-order valence-corrected chi connectivity index (χ4v) is 4.72. The Hall–Kier alpha value is -2.54. The van der Waals surface area contributed by atoms with E-state index in [-0.39, 0.29) is 0 Å². The molecule has 1 aliphatic rings. The number of allylic oxidation sites excluding steroid dienone is 3. The van der Waals surface area contributed by atoms with Crippen molar-refractivity contribution in [3.8, 4) is 0 Å². The van der Waals surface area contributed by atoms with Gasteiger partial charge in [-0.1, -0.05) is 85.7 Å². The molecule has 2 atom stereocenters. The fourth-order valence-electron chi connectivity index (χ4n) is 4.72. The quantitative estimate of drug-likeness (QED) is 0.405. The summed E-state index contributed by atoms with van der Waals surface area (Å²) in [7, 11) is 0. The SMILES string of the molecule is CCC(=CC1CC(/C=C/c2ccc(C)cc2)n2c1c(C)c1ccccc12)CC. The van der Waals surface area contributed by atoms with E-state index in [4.69, 9.17) is 0 Å². The van der Waals surface area contributed by atoms with Crippen LogP contribution in [0, 0.1) is 13.8 Å². The molecule has 2 aromatic carbocycles. The number of aryl methyl sites for hydroxylation is 2. The highest BCUT2D eigenvalue weighted by atomic mass is 15.1. The molecule has 0 fully saturated rings. The normalized spacial score (nSPS) is 18.7. The second kappa shape index (κ2) is 7.83. The van der Waals surface area contributed by atoms with Gasteiger partial charge in [-0.05, 0) is 50.3 Å². The first-order chi connectivity index (χ1) is 13.6. The van der Waals surface area contributed by atoms with Gasteiger partial charge >= 0.3 is 0 Å². The molecule has 1 aromatic heterocycles. The Bertz CT molecular complexity index is 1020. The molecular weight excluding hydrogens is 338 g/mol. The van der Waals surface area contributed by atoms with Crippen LogP contribution >= 0.6 is 0 Å². The van der Waals surface area contributed by atoms with Crippen LogP contribution in [0.5, 0.6) is 0 Å². The Morgan fingerprint density at radius 1 is 1.00 bits per heavy atom. The molecule has 1 nitrogen and oxygen atoms in total. The Kier molecular flexibility index (Phi) is 5.26. The van der Waals surface area contributed by atoms with Crippen molar-refractivity contribution in [1.82, 2.24) is 4.57 Å². The maximum absolute atomic E-state index is 2.60. The number of aromatic nitrogens is 1. The molecule has 28 heavy (non-hydrogen) atoms. The summed E-state index contributed by atoms with van der Waals surface area (Å²) in [5.41, 5.74) is 8.50. The van der Waals surface area contributed by atoms with Crippen LogP contribution < -0.4 is 0 Å². The van der Waals surface area contributed by atoms with E-state index < -0.39 is 0 Å². The average molecular weight is 370 g/mol. The van der Waals surface area contributed by atoms with Crippen molar-refractivity contribution in [2.24, 2.45) is 0 Å². The second-order valence-electron chi connectivity index (χ2n) is 8.11. The molecule has 1 aliphatic heterocycles. The van der Waals surface area contributed by atoms with Crippen molar-refractivity contribution in [1.29, 1.82) is 0 Å². The minimum absolute atomic E-state index is 0.408. The summed E-state index contributed by atoms with van der Waals surface area (Å²) in [6, 6.07) is 18.1. The number of benzene rings is 2. The monoisotopic (exact) mass is 369 g/mol. The lowest BCUT2D eigenvalue weighted by Gasteiger charge is -2.11. The van der Waals surface area contributed by atoms with Crippen LogP contribution in [0.15, 0.2) is 66.3 Å². The summed E-state index contributed by atoms with van der Waals surface area (Å²) < 4.78 is 2.60. The third kappa shape index (κ3) is 3.35. The molecule has 0 aliphatic carbocycles. The van der Waals surface area contributed by atoms with Gasteiger partial charge in [0.05, 0.1) is 6.04 Å². The highest BCUT2D eigenvalue weighted by Crippen LogP contribution is 2.45. The summed E-state index contributed by atoms with van der Waals surface area (Å²) in [5.74, 6) is 0.509. The molecular formula is C27H31N. The third-order valence-corrected chi connectivity index (χ3v) is 6.32. The van der Waals surface area contributed by atoms with Gasteiger partial charge in [0.25, 0.3) is 0 Å². The van der Waals surface area contributed by atoms with Crippen LogP contribution in [0.2, 0.25) is 0 Å². The summed E-state index contributed by atoms with van der Waals surface area (Å²) in [5, 5.41) is 1.40. The first-order valence-corrected chi connectivity index (χ1v) is 10.7. The molecule has 2 unspecified atom stereocenters. The van der Waals surface area contributed by atoms with Gasteiger partial charge < -0.3 is 4.57 Å². The van der Waals surface area contributed by atoms with Gasteiger partial charge in [0.1, 0.15) is 0 Å². The Balaban J connectivity index is 1.79. The lowest BCUT2D eigenvalue weighted by Crippen LogP contribution is -1.99. The predicted octanol–water partition coefficient (Wildman–Crippen LogP) is 7.75. The number of hydrogen-bond acceptors (Lipinski definition) is 0. The molecule has 0 N–H and O–H groups in total. The largest absolute Gasteiger partial charge is 0.337 e. The standard InChI is InChI=1S/C27H31N/c1-5-21(6-2)17-23-18-24(16-15-22-13-11-19(3)12-14-22)28-26-10-8-7-9-25(26)20(4)27(23)28/h7-17,23-24H,5-6,18H2,1-4H3/b16-15+. The van der Waals surface area contributed by atoms with Gasteiger partial charge in [0, 0.05) is 22.5 Å². The first-order valence-electron chi connectivity index (χ1n) is 10.7. The van der Waals surface area contributed by atoms with E-state index in [0.29, 0.717) is 12.0 Å². The van der Waals surface area contributed by atoms with Gasteiger partial charge in [-0.2, -0.15) is 0 Å². The van der Waals surface area contributed by atoms with Crippen molar-refractivity contribution in [2.45, 2.75) is 58.9 Å². The minimum Gasteiger partial charge on any atom is -0.337 e. The zero-order valence-electron chi connectivity index (χ0n) is 17.6. The molecule has 0 saturated carbocycles. The van der Waals surface area contributed by atoms with E-state index >= 15 is 0 Å². The van der Waals surface area contributed by atoms with Gasteiger partial charge in [-0.15, -0.1) is 0 Å². The van der Waals surface area contributed by atoms with Crippen molar-refractivity contribution in [3.63, 3.8) is 0 Å². The molecule has 0 saturated heterocycles. The summed E-state index contributed by atoms with van der Waals surface area (Å²) in [6.45, 7) is 9.00. The first kappa shape index (κ1) is 18.8. The molecule has 0 amide bonds. The molecule has 144 valence electrons. The summed E-state index contributed by atoms with van der Waals surface area (Å²) in [4.78, 5) is 0. The van der Waals surface area contributed by atoms with E-state index in [9.17, 15) is 0 Å². The van der Waals surface area contributed by atoms with E-state index in [1.807, 2.05) is 0 Å². The van der Waals surface area contributed by atoms with E-state index in [1.54, 1.807) is 5.57 Å². The number of para-hydroxylation sites is 1. The van der Waals surface area contributed by atoms with Crippen LogP contribution in [0.25, 0.3) is 17.0 Å². The van der Waals surface area contributed by atoms with Crippen molar-refractivity contribution >= 4 is 17.0 Å². The summed E-state index contributed by atoms with van der Waals surface area (Å²) >= 11 is 0. The molecule has 3 aromatic rings. The highest BCUT2D eigenvalue weighted by molar-refractivity contribution is 5.86. The lowest BCUT2D eigenvalue weighted by atomic mass is 9.93. The van der Waals surface area contributed by atoms with Crippen molar-refractivity contribution < 1.29 is 0 Å². The predicted molar refractivity (Wildman–Crippen MR) is 122 cm³/mol. The van der Waals surface area contributed by atoms with Crippen LogP contribution in [0.1, 0.15) is 67.5 Å². The van der Waals surface area contributed by atoms with Crippen LogP contribution in [0.4, 0.5) is 0 Å². The van der Waals surface area contributed by atoms with Gasteiger partial charge in [-0.3, -0.25) is 0 Å². The van der Waals surface area contributed by atoms with E-state index in [2.05, 4.69) is 99.0 Å². The topological polar surface area (TPSA) is 4.93 Å². The molecule has 0 bridgehead atoms. The van der Waals surface area contributed by atoms with E-state index in [0.717, 1.165) is 19.3 Å². The third-order valence-electron chi connectivity index (χ3n) is 6.32. The molecule has 0 radical (unpaired) electrons. The van der Waals surface area contributed by atoms with Crippen LogP contribution in [-0.4, -0.2) is 4.57 Å².